The third-order valence-electron chi connectivity index (χ3n) is 3.25. The lowest BCUT2D eigenvalue weighted by atomic mass is 10.2. The fourth-order valence-corrected chi connectivity index (χ4v) is 5.56. The molecule has 1 aromatic rings. The lowest BCUT2D eigenvalue weighted by Gasteiger charge is -2.25. The molecule has 0 unspecified atom stereocenters. The first-order valence-corrected chi connectivity index (χ1v) is 9.39. The predicted molar refractivity (Wildman–Crippen MR) is 74.8 cm³/mol. The van der Waals surface area contributed by atoms with Gasteiger partial charge in [-0.2, -0.15) is 4.31 Å². The zero-order valence-electron chi connectivity index (χ0n) is 10.6. The Bertz CT molecular complexity index is 699. The van der Waals surface area contributed by atoms with Gasteiger partial charge in [0, 0.05) is 12.1 Å². The van der Waals surface area contributed by atoms with Gasteiger partial charge in [0.15, 0.2) is 9.84 Å². The number of aliphatic hydroxyl groups is 1. The highest BCUT2D eigenvalue weighted by Crippen LogP contribution is 2.24. The normalized spacial score (nSPS) is 26.0. The van der Waals surface area contributed by atoms with Gasteiger partial charge in [0.25, 0.3) is 0 Å². The van der Waals surface area contributed by atoms with E-state index < -0.39 is 37.8 Å². The van der Waals surface area contributed by atoms with Crippen LogP contribution in [0, 0.1) is 0 Å². The number of aliphatic hydroxyl groups excluding tert-OH is 1. The molecule has 1 aliphatic rings. The van der Waals surface area contributed by atoms with E-state index in [4.69, 9.17) is 11.6 Å². The molecule has 0 saturated carbocycles. The van der Waals surface area contributed by atoms with Gasteiger partial charge in [0.05, 0.1) is 28.5 Å². The van der Waals surface area contributed by atoms with Crippen molar-refractivity contribution in [1.82, 2.24) is 4.31 Å². The van der Waals surface area contributed by atoms with Crippen molar-refractivity contribution in [1.29, 1.82) is 0 Å². The molecule has 1 heterocycles. The van der Waals surface area contributed by atoms with E-state index in [0.29, 0.717) is 5.02 Å². The molecular weight excluding hydrogens is 326 g/mol. The van der Waals surface area contributed by atoms with E-state index in [2.05, 4.69) is 0 Å². The first-order chi connectivity index (χ1) is 9.13. The Kier molecular flexibility index (Phi) is 4.14. The van der Waals surface area contributed by atoms with E-state index in [1.165, 1.54) is 31.3 Å². The van der Waals surface area contributed by atoms with Crippen molar-refractivity contribution in [2.75, 3.05) is 18.6 Å². The van der Waals surface area contributed by atoms with Crippen LogP contribution in [0.1, 0.15) is 0 Å². The van der Waals surface area contributed by atoms with E-state index in [1.54, 1.807) is 0 Å². The summed E-state index contributed by atoms with van der Waals surface area (Å²) in [6.07, 6.45) is -1.22. The van der Waals surface area contributed by atoms with Crippen LogP contribution in [0.2, 0.25) is 5.02 Å². The van der Waals surface area contributed by atoms with Gasteiger partial charge in [-0.1, -0.05) is 11.6 Å². The van der Waals surface area contributed by atoms with E-state index in [9.17, 15) is 21.9 Å². The fourth-order valence-electron chi connectivity index (χ4n) is 2.11. The highest BCUT2D eigenvalue weighted by molar-refractivity contribution is 7.92. The number of benzene rings is 1. The first kappa shape index (κ1) is 15.7. The number of hydrogen-bond acceptors (Lipinski definition) is 5. The van der Waals surface area contributed by atoms with Crippen LogP contribution >= 0.6 is 11.6 Å². The van der Waals surface area contributed by atoms with Crippen LogP contribution in [0.15, 0.2) is 29.2 Å². The minimum absolute atomic E-state index is 0.000831. The van der Waals surface area contributed by atoms with Crippen molar-refractivity contribution >= 4 is 31.5 Å². The molecule has 0 aromatic heterocycles. The molecule has 1 saturated heterocycles. The Balaban J connectivity index is 2.33. The van der Waals surface area contributed by atoms with Gasteiger partial charge >= 0.3 is 0 Å². The average Bonchev–Trinajstić information content (AvgIpc) is 2.62. The monoisotopic (exact) mass is 339 g/mol. The summed E-state index contributed by atoms with van der Waals surface area (Å²) in [6, 6.07) is 4.57. The van der Waals surface area contributed by atoms with Crippen molar-refractivity contribution in [3.8, 4) is 0 Å². The highest BCUT2D eigenvalue weighted by Gasteiger charge is 2.42. The molecule has 6 nitrogen and oxygen atoms in total. The Labute approximate surface area is 122 Å². The summed E-state index contributed by atoms with van der Waals surface area (Å²) in [6.45, 7) is 0. The van der Waals surface area contributed by atoms with Crippen LogP contribution in [0.25, 0.3) is 0 Å². The molecule has 1 N–H and O–H groups in total. The van der Waals surface area contributed by atoms with Crippen molar-refractivity contribution in [2.45, 2.75) is 17.0 Å². The summed E-state index contributed by atoms with van der Waals surface area (Å²) in [4.78, 5) is 0.000831. The van der Waals surface area contributed by atoms with Crippen molar-refractivity contribution in [3.05, 3.63) is 29.3 Å². The molecule has 2 atom stereocenters. The summed E-state index contributed by atoms with van der Waals surface area (Å²) in [7, 11) is -6.03. The zero-order chi connectivity index (χ0) is 15.1. The Hall–Kier alpha value is -0.670. The molecule has 9 heteroatoms. The van der Waals surface area contributed by atoms with Crippen LogP contribution in [0.5, 0.6) is 0 Å². The molecule has 1 aliphatic heterocycles. The third-order valence-corrected chi connectivity index (χ3v) is 7.10. The first-order valence-electron chi connectivity index (χ1n) is 5.75. The second kappa shape index (κ2) is 5.27. The molecule has 0 aliphatic carbocycles. The smallest absolute Gasteiger partial charge is 0.243 e. The van der Waals surface area contributed by atoms with Gasteiger partial charge in [-0.05, 0) is 24.3 Å². The number of sulfonamides is 1. The van der Waals surface area contributed by atoms with Crippen molar-refractivity contribution in [3.63, 3.8) is 0 Å². The minimum Gasteiger partial charge on any atom is -0.390 e. The quantitative estimate of drug-likeness (QED) is 0.844. The maximum absolute atomic E-state index is 12.4. The van der Waals surface area contributed by atoms with Crippen LogP contribution in [0.4, 0.5) is 0 Å². The number of likely N-dealkylation sites (N-methyl/N-ethyl adjacent to an activating group) is 1. The SMILES string of the molecule is CN([C@@H]1CS(=O)(=O)C[C@@H]1O)S(=O)(=O)c1ccc(Cl)cc1. The van der Waals surface area contributed by atoms with Gasteiger partial charge in [0.1, 0.15) is 0 Å². The molecule has 20 heavy (non-hydrogen) atoms. The largest absolute Gasteiger partial charge is 0.390 e. The van der Waals surface area contributed by atoms with Gasteiger partial charge in [-0.15, -0.1) is 0 Å². The van der Waals surface area contributed by atoms with Gasteiger partial charge in [-0.3, -0.25) is 0 Å². The van der Waals surface area contributed by atoms with Crippen molar-refractivity contribution in [2.24, 2.45) is 0 Å². The minimum atomic E-state index is -3.87. The lowest BCUT2D eigenvalue weighted by molar-refractivity contribution is 0.137. The topological polar surface area (TPSA) is 91.8 Å². The average molecular weight is 340 g/mol. The van der Waals surface area contributed by atoms with E-state index in [0.717, 1.165) is 4.31 Å². The Morgan fingerprint density at radius 3 is 2.25 bits per heavy atom. The van der Waals surface area contributed by atoms with E-state index in [-0.39, 0.29) is 10.6 Å². The molecule has 0 spiro atoms. The van der Waals surface area contributed by atoms with Crippen molar-refractivity contribution < 1.29 is 21.9 Å². The summed E-state index contributed by atoms with van der Waals surface area (Å²) in [5.41, 5.74) is 0. The lowest BCUT2D eigenvalue weighted by Crippen LogP contribution is -2.44. The maximum Gasteiger partial charge on any atom is 0.243 e. The number of hydrogen-bond donors (Lipinski definition) is 1. The molecule has 112 valence electrons. The summed E-state index contributed by atoms with van der Waals surface area (Å²) >= 11 is 5.70. The molecule has 1 fully saturated rings. The van der Waals surface area contributed by atoms with Gasteiger partial charge in [-0.25, -0.2) is 16.8 Å². The summed E-state index contributed by atoms with van der Waals surface area (Å²) in [5.74, 6) is -0.796. The second-order valence-corrected chi connectivity index (χ2v) is 9.27. The van der Waals surface area contributed by atoms with E-state index in [1.807, 2.05) is 0 Å². The number of nitrogens with zero attached hydrogens (tertiary/aromatic N) is 1. The fraction of sp³-hybridized carbons (Fsp3) is 0.455. The molecule has 0 radical (unpaired) electrons. The molecule has 0 bridgehead atoms. The van der Waals surface area contributed by atoms with E-state index >= 15 is 0 Å². The molecule has 2 rings (SSSR count). The number of rotatable bonds is 3. The molecule has 1 aromatic carbocycles. The predicted octanol–water partition coefficient (Wildman–Crippen LogP) is 0.118. The maximum atomic E-state index is 12.4. The Morgan fingerprint density at radius 2 is 1.80 bits per heavy atom. The molecule has 0 amide bonds. The summed E-state index contributed by atoms with van der Waals surface area (Å²) < 4.78 is 48.6. The highest BCUT2D eigenvalue weighted by atomic mass is 35.5. The third kappa shape index (κ3) is 2.99. The van der Waals surface area contributed by atoms with Crippen LogP contribution in [-0.4, -0.2) is 56.9 Å². The second-order valence-electron chi connectivity index (χ2n) is 4.69. The zero-order valence-corrected chi connectivity index (χ0v) is 13.0. The number of sulfone groups is 1. The standard InChI is InChI=1S/C11H14ClNO5S2/c1-13(10-6-19(15,16)7-11(10)14)20(17,18)9-4-2-8(12)3-5-9/h2-5,10-11,14H,6-7H2,1H3/t10-,11+/m1/s1. The van der Waals surface area contributed by atoms with Gasteiger partial charge in [0.2, 0.25) is 10.0 Å². The van der Waals surface area contributed by atoms with Gasteiger partial charge < -0.3 is 5.11 Å². The van der Waals surface area contributed by atoms with Crippen LogP contribution in [0.3, 0.4) is 0 Å². The van der Waals surface area contributed by atoms with Crippen LogP contribution < -0.4 is 0 Å². The Morgan fingerprint density at radius 1 is 1.25 bits per heavy atom. The van der Waals surface area contributed by atoms with Crippen LogP contribution in [-0.2, 0) is 19.9 Å². The summed E-state index contributed by atoms with van der Waals surface area (Å²) in [5, 5.41) is 10.1. The number of halogens is 1. The molecular formula is C11H14ClNO5S2.